The fourth-order valence-corrected chi connectivity index (χ4v) is 2.27. The third-order valence-electron chi connectivity index (χ3n) is 2.10. The van der Waals surface area contributed by atoms with Crippen LogP contribution in [0.25, 0.3) is 0 Å². The summed E-state index contributed by atoms with van der Waals surface area (Å²) in [6.45, 7) is 10.6. The fourth-order valence-electron chi connectivity index (χ4n) is 1.10. The molecule has 0 bridgehead atoms. The predicted molar refractivity (Wildman–Crippen MR) is 73.8 cm³/mol. The third-order valence-corrected chi connectivity index (χ3v) is 4.87. The van der Waals surface area contributed by atoms with Gasteiger partial charge < -0.3 is 4.74 Å². The zero-order valence-corrected chi connectivity index (χ0v) is 13.0. The van der Waals surface area contributed by atoms with Crippen LogP contribution in [0.5, 0.6) is 0 Å². The van der Waals surface area contributed by atoms with Crippen molar-refractivity contribution < 1.29 is 4.74 Å². The van der Waals surface area contributed by atoms with Crippen molar-refractivity contribution in [2.24, 2.45) is 0 Å². The molecule has 0 spiro atoms. The highest BCUT2D eigenvalue weighted by atomic mass is 127. The topological polar surface area (TPSA) is 27.1 Å². The van der Waals surface area contributed by atoms with E-state index in [1.807, 2.05) is 10.9 Å². The van der Waals surface area contributed by atoms with Gasteiger partial charge in [-0.3, -0.25) is 0 Å². The molecule has 0 aliphatic rings. The molecule has 0 aliphatic carbocycles. The smallest absolute Gasteiger partial charge is 0.139 e. The summed E-state index contributed by atoms with van der Waals surface area (Å²) in [6.07, 6.45) is 2.02. The molecule has 86 valence electrons. The molecule has 0 amide bonds. The van der Waals surface area contributed by atoms with E-state index < -0.39 is 8.07 Å². The van der Waals surface area contributed by atoms with E-state index in [2.05, 4.69) is 54.3 Å². The Balaban J connectivity index is 2.26. The van der Waals surface area contributed by atoms with Crippen molar-refractivity contribution in [1.82, 2.24) is 9.78 Å². The molecule has 1 rings (SSSR count). The van der Waals surface area contributed by atoms with Gasteiger partial charge in [-0.05, 0) is 35.6 Å². The predicted octanol–water partition coefficient (Wildman–Crippen LogP) is 3.11. The van der Waals surface area contributed by atoms with Gasteiger partial charge in [0.1, 0.15) is 10.4 Å². The van der Waals surface area contributed by atoms with Crippen LogP contribution < -0.4 is 0 Å². The Labute approximate surface area is 106 Å². The van der Waals surface area contributed by atoms with Gasteiger partial charge in [0.25, 0.3) is 0 Å². The van der Waals surface area contributed by atoms with E-state index in [0.717, 1.165) is 10.3 Å². The maximum Gasteiger partial charge on any atom is 0.139 e. The van der Waals surface area contributed by atoms with Crippen LogP contribution in [0.2, 0.25) is 25.7 Å². The van der Waals surface area contributed by atoms with Crippen molar-refractivity contribution in [3.8, 4) is 0 Å². The summed E-state index contributed by atoms with van der Waals surface area (Å²) < 4.78 is 8.52. The highest BCUT2D eigenvalue weighted by Gasteiger charge is 2.12. The van der Waals surface area contributed by atoms with Gasteiger partial charge in [0, 0.05) is 26.4 Å². The number of aryl methyl sites for hydroxylation is 1. The first-order chi connectivity index (χ1) is 6.88. The van der Waals surface area contributed by atoms with E-state index in [1.165, 1.54) is 11.6 Å². The number of ether oxygens (including phenoxy) is 1. The van der Waals surface area contributed by atoms with Crippen molar-refractivity contribution in [2.45, 2.75) is 39.3 Å². The number of hydrogen-bond acceptors (Lipinski definition) is 2. The molecule has 0 atom stereocenters. The van der Waals surface area contributed by atoms with Crippen LogP contribution in [0, 0.1) is 10.6 Å². The third kappa shape index (κ3) is 5.12. The van der Waals surface area contributed by atoms with E-state index in [0.29, 0.717) is 6.73 Å². The molecule has 0 saturated heterocycles. The fraction of sp³-hybridized carbons (Fsp3) is 0.700. The number of aromatic nitrogens is 2. The minimum absolute atomic E-state index is 0.578. The maximum atomic E-state index is 5.60. The van der Waals surface area contributed by atoms with Crippen molar-refractivity contribution in [3.05, 3.63) is 15.5 Å². The summed E-state index contributed by atoms with van der Waals surface area (Å²) in [4.78, 5) is 0. The van der Waals surface area contributed by atoms with Gasteiger partial charge in [-0.25, -0.2) is 4.68 Å². The number of nitrogens with zero attached hydrogens (tertiary/aromatic N) is 2. The molecular weight excluding hydrogens is 319 g/mol. The zero-order chi connectivity index (χ0) is 11.5. The van der Waals surface area contributed by atoms with Gasteiger partial charge in [0.05, 0.1) is 0 Å². The van der Waals surface area contributed by atoms with E-state index in [-0.39, 0.29) is 0 Å². The minimum atomic E-state index is -0.957. The molecule has 5 heteroatoms. The standard InChI is InChI=1S/C10H19IN2OSi/c1-9-7-13(12-10(9)11)8-14-5-6-15(2,3)4/h7H,5-6,8H2,1-4H3. The summed E-state index contributed by atoms with van der Waals surface area (Å²) in [6, 6.07) is 1.21. The van der Waals surface area contributed by atoms with Crippen molar-refractivity contribution in [2.75, 3.05) is 6.61 Å². The number of hydrogen-bond donors (Lipinski definition) is 0. The Morgan fingerprint density at radius 1 is 1.47 bits per heavy atom. The molecule has 0 aliphatic heterocycles. The van der Waals surface area contributed by atoms with E-state index in [1.54, 1.807) is 0 Å². The molecule has 3 nitrogen and oxygen atoms in total. The molecular formula is C10H19IN2OSi. The Kier molecular flexibility index (Phi) is 4.79. The SMILES string of the molecule is Cc1cn(COCC[Si](C)(C)C)nc1I. The minimum Gasteiger partial charge on any atom is -0.360 e. The summed E-state index contributed by atoms with van der Waals surface area (Å²) in [5, 5.41) is 4.33. The Hall–Kier alpha value is 0.117. The molecule has 0 unspecified atom stereocenters. The average Bonchev–Trinajstić information content (AvgIpc) is 2.39. The van der Waals surface area contributed by atoms with Crippen LogP contribution in [0.1, 0.15) is 5.56 Å². The molecule has 1 aromatic rings. The molecule has 0 radical (unpaired) electrons. The second kappa shape index (κ2) is 5.45. The van der Waals surface area contributed by atoms with Crippen LogP contribution in [0.4, 0.5) is 0 Å². The van der Waals surface area contributed by atoms with Crippen LogP contribution in [0.15, 0.2) is 6.20 Å². The molecule has 15 heavy (non-hydrogen) atoms. The summed E-state index contributed by atoms with van der Waals surface area (Å²) >= 11 is 2.24. The van der Waals surface area contributed by atoms with E-state index >= 15 is 0 Å². The molecule has 1 aromatic heterocycles. The van der Waals surface area contributed by atoms with E-state index in [9.17, 15) is 0 Å². The molecule has 0 aromatic carbocycles. The Morgan fingerprint density at radius 3 is 2.60 bits per heavy atom. The Bertz CT molecular complexity index is 300. The first kappa shape index (κ1) is 13.2. The number of halogens is 1. The molecule has 0 saturated carbocycles. The zero-order valence-electron chi connectivity index (χ0n) is 9.88. The first-order valence-corrected chi connectivity index (χ1v) is 9.94. The lowest BCUT2D eigenvalue weighted by Crippen LogP contribution is -2.22. The van der Waals surface area contributed by atoms with Gasteiger partial charge in [0.15, 0.2) is 0 Å². The first-order valence-electron chi connectivity index (χ1n) is 5.16. The second-order valence-electron chi connectivity index (χ2n) is 4.99. The van der Waals surface area contributed by atoms with Crippen molar-refractivity contribution in [1.29, 1.82) is 0 Å². The molecule has 1 heterocycles. The van der Waals surface area contributed by atoms with Crippen molar-refractivity contribution >= 4 is 30.7 Å². The normalized spacial score (nSPS) is 12.1. The van der Waals surface area contributed by atoms with E-state index in [4.69, 9.17) is 4.74 Å². The highest BCUT2D eigenvalue weighted by molar-refractivity contribution is 14.1. The van der Waals surface area contributed by atoms with Crippen LogP contribution >= 0.6 is 22.6 Å². The highest BCUT2D eigenvalue weighted by Crippen LogP contribution is 2.09. The molecule has 0 N–H and O–H groups in total. The van der Waals surface area contributed by atoms with Gasteiger partial charge in [0.2, 0.25) is 0 Å². The maximum absolute atomic E-state index is 5.60. The van der Waals surface area contributed by atoms with Crippen LogP contribution in [-0.4, -0.2) is 24.5 Å². The van der Waals surface area contributed by atoms with Gasteiger partial charge in [-0.2, -0.15) is 5.10 Å². The largest absolute Gasteiger partial charge is 0.360 e. The van der Waals surface area contributed by atoms with Gasteiger partial charge in [-0.15, -0.1) is 0 Å². The lowest BCUT2D eigenvalue weighted by Gasteiger charge is -2.15. The van der Waals surface area contributed by atoms with Crippen LogP contribution in [-0.2, 0) is 11.5 Å². The average molecular weight is 338 g/mol. The van der Waals surface area contributed by atoms with Gasteiger partial charge in [-0.1, -0.05) is 19.6 Å². The summed E-state index contributed by atoms with van der Waals surface area (Å²) in [5.74, 6) is 0. The van der Waals surface area contributed by atoms with Crippen molar-refractivity contribution in [3.63, 3.8) is 0 Å². The van der Waals surface area contributed by atoms with Gasteiger partial charge >= 0.3 is 0 Å². The monoisotopic (exact) mass is 338 g/mol. The summed E-state index contributed by atoms with van der Waals surface area (Å²) in [7, 11) is -0.957. The van der Waals surface area contributed by atoms with Crippen LogP contribution in [0.3, 0.4) is 0 Å². The lowest BCUT2D eigenvalue weighted by atomic mass is 10.4. The quantitative estimate of drug-likeness (QED) is 0.469. The lowest BCUT2D eigenvalue weighted by molar-refractivity contribution is 0.0783. The summed E-state index contributed by atoms with van der Waals surface area (Å²) in [5.41, 5.74) is 1.21. The Morgan fingerprint density at radius 2 is 2.13 bits per heavy atom. The molecule has 0 fully saturated rings. The number of rotatable bonds is 5. The second-order valence-corrected chi connectivity index (χ2v) is 11.6.